The van der Waals surface area contributed by atoms with Gasteiger partial charge in [-0.15, -0.1) is 6.42 Å². The molecule has 0 aromatic heterocycles. The molecule has 0 heterocycles. The van der Waals surface area contributed by atoms with Gasteiger partial charge < -0.3 is 10.6 Å². The van der Waals surface area contributed by atoms with Crippen LogP contribution in [0.2, 0.25) is 0 Å². The van der Waals surface area contributed by atoms with Crippen molar-refractivity contribution < 1.29 is 18.0 Å². The van der Waals surface area contributed by atoms with E-state index in [4.69, 9.17) is 6.42 Å². The monoisotopic (exact) mass is 385 g/mol. The lowest BCUT2D eigenvalue weighted by Crippen LogP contribution is -2.37. The van der Waals surface area contributed by atoms with Crippen LogP contribution >= 0.6 is 0 Å². The molecule has 0 unspecified atom stereocenters. The molecule has 0 saturated carbocycles. The average molecular weight is 385 g/mol. The van der Waals surface area contributed by atoms with E-state index in [2.05, 4.69) is 21.3 Å². The minimum Gasteiger partial charge on any atom is -0.344 e. The zero-order chi connectivity index (χ0) is 19.9. The number of nitrogens with one attached hydrogen (secondary N) is 3. The Morgan fingerprint density at radius 3 is 2.33 bits per heavy atom. The van der Waals surface area contributed by atoms with Crippen LogP contribution in [0.1, 0.15) is 15.9 Å². The fourth-order valence-electron chi connectivity index (χ4n) is 2.15. The van der Waals surface area contributed by atoms with Crippen molar-refractivity contribution in [3.63, 3.8) is 0 Å². The number of aryl methyl sites for hydroxylation is 1. The number of terminal acetylenes is 1. The van der Waals surface area contributed by atoms with E-state index in [1.165, 1.54) is 24.3 Å². The number of para-hydroxylation sites is 1. The van der Waals surface area contributed by atoms with Crippen molar-refractivity contribution >= 4 is 27.5 Å². The molecule has 0 radical (unpaired) electrons. The average Bonchev–Trinajstić information content (AvgIpc) is 2.66. The van der Waals surface area contributed by atoms with Crippen LogP contribution in [0.4, 0.5) is 5.69 Å². The normalized spacial score (nSPS) is 10.5. The third-order valence-electron chi connectivity index (χ3n) is 3.61. The van der Waals surface area contributed by atoms with Gasteiger partial charge in [-0.05, 0) is 42.8 Å². The Balaban J connectivity index is 2.03. The van der Waals surface area contributed by atoms with Crippen LogP contribution in [0, 0.1) is 19.3 Å². The van der Waals surface area contributed by atoms with E-state index in [1.54, 1.807) is 25.1 Å². The molecule has 2 aromatic rings. The summed E-state index contributed by atoms with van der Waals surface area (Å²) in [6.45, 7) is 1.65. The van der Waals surface area contributed by atoms with Crippen molar-refractivity contribution in [2.75, 3.05) is 17.8 Å². The molecule has 27 heavy (non-hydrogen) atoms. The maximum atomic E-state index is 12.5. The lowest BCUT2D eigenvalue weighted by molar-refractivity contribution is -0.119. The largest absolute Gasteiger partial charge is 0.344 e. The molecule has 0 saturated heterocycles. The van der Waals surface area contributed by atoms with Gasteiger partial charge in [0.25, 0.3) is 15.9 Å². The molecule has 0 fully saturated rings. The molecule has 0 bridgehead atoms. The molecule has 2 aromatic carbocycles. The van der Waals surface area contributed by atoms with Crippen LogP contribution in [0.5, 0.6) is 0 Å². The zero-order valence-corrected chi connectivity index (χ0v) is 15.5. The number of rotatable bonds is 7. The molecule has 2 amide bonds. The van der Waals surface area contributed by atoms with E-state index in [0.29, 0.717) is 5.69 Å². The third kappa shape index (κ3) is 5.59. The fourth-order valence-corrected chi connectivity index (χ4v) is 3.28. The highest BCUT2D eigenvalue weighted by Crippen LogP contribution is 2.19. The summed E-state index contributed by atoms with van der Waals surface area (Å²) >= 11 is 0. The highest BCUT2D eigenvalue weighted by Gasteiger charge is 2.16. The van der Waals surface area contributed by atoms with Crippen molar-refractivity contribution in [2.45, 2.75) is 11.8 Å². The molecular formula is C19H19N3O4S. The molecule has 0 aliphatic carbocycles. The molecule has 140 valence electrons. The second-order valence-electron chi connectivity index (χ2n) is 5.61. The number of carbonyl (C=O) groups is 2. The summed E-state index contributed by atoms with van der Waals surface area (Å²) in [6.07, 6.45) is 5.02. The second-order valence-corrected chi connectivity index (χ2v) is 7.29. The first-order chi connectivity index (χ1) is 12.8. The highest BCUT2D eigenvalue weighted by atomic mass is 32.2. The zero-order valence-electron chi connectivity index (χ0n) is 14.7. The van der Waals surface area contributed by atoms with Crippen LogP contribution in [0.15, 0.2) is 53.4 Å². The molecule has 8 heteroatoms. The Labute approximate surface area is 158 Å². The van der Waals surface area contributed by atoms with Gasteiger partial charge in [-0.1, -0.05) is 24.1 Å². The van der Waals surface area contributed by atoms with Crippen LogP contribution in [0.3, 0.4) is 0 Å². The number of hydrogen-bond acceptors (Lipinski definition) is 4. The van der Waals surface area contributed by atoms with Crippen molar-refractivity contribution in [3.05, 3.63) is 59.7 Å². The van der Waals surface area contributed by atoms with Crippen LogP contribution in [-0.4, -0.2) is 33.3 Å². The van der Waals surface area contributed by atoms with Gasteiger partial charge >= 0.3 is 0 Å². The molecule has 0 atom stereocenters. The Hall–Kier alpha value is -3.31. The SMILES string of the molecule is C#CCNC(=O)CNC(=O)c1ccc(S(=O)(=O)Nc2ccccc2C)cc1. The van der Waals surface area contributed by atoms with Crippen molar-refractivity contribution in [3.8, 4) is 12.3 Å². The summed E-state index contributed by atoms with van der Waals surface area (Å²) in [5.41, 5.74) is 1.51. The molecule has 0 aliphatic heterocycles. The van der Waals surface area contributed by atoms with Crippen LogP contribution in [0.25, 0.3) is 0 Å². The van der Waals surface area contributed by atoms with Gasteiger partial charge in [0.05, 0.1) is 23.7 Å². The molecule has 7 nitrogen and oxygen atoms in total. The van der Waals surface area contributed by atoms with Gasteiger partial charge in [-0.3, -0.25) is 14.3 Å². The maximum Gasteiger partial charge on any atom is 0.261 e. The number of carbonyl (C=O) groups excluding carboxylic acids is 2. The van der Waals surface area contributed by atoms with Crippen LogP contribution < -0.4 is 15.4 Å². The van der Waals surface area contributed by atoms with Gasteiger partial charge in [0.15, 0.2) is 0 Å². The maximum absolute atomic E-state index is 12.5. The van der Waals surface area contributed by atoms with Gasteiger partial charge in [-0.25, -0.2) is 8.42 Å². The summed E-state index contributed by atoms with van der Waals surface area (Å²) in [7, 11) is -3.78. The number of amides is 2. The van der Waals surface area contributed by atoms with Crippen molar-refractivity contribution in [1.82, 2.24) is 10.6 Å². The minimum atomic E-state index is -3.78. The van der Waals surface area contributed by atoms with E-state index in [1.807, 2.05) is 6.07 Å². The number of benzene rings is 2. The quantitative estimate of drug-likeness (QED) is 0.625. The molecule has 0 aliphatic rings. The first-order valence-electron chi connectivity index (χ1n) is 8.00. The van der Waals surface area contributed by atoms with Gasteiger partial charge in [0, 0.05) is 5.56 Å². The molecule has 0 spiro atoms. The van der Waals surface area contributed by atoms with E-state index in [-0.39, 0.29) is 23.5 Å². The second kappa shape index (κ2) is 8.87. The van der Waals surface area contributed by atoms with E-state index >= 15 is 0 Å². The lowest BCUT2D eigenvalue weighted by Gasteiger charge is -2.11. The predicted molar refractivity (Wildman–Crippen MR) is 103 cm³/mol. The van der Waals surface area contributed by atoms with Gasteiger partial charge in [0.2, 0.25) is 5.91 Å². The standard InChI is InChI=1S/C19H19N3O4S/c1-3-12-20-18(23)13-21-19(24)15-8-10-16(11-9-15)27(25,26)22-17-7-5-4-6-14(17)2/h1,4-11,22H,12-13H2,2H3,(H,20,23)(H,21,24). The summed E-state index contributed by atoms with van der Waals surface area (Å²) in [5, 5.41) is 4.85. The van der Waals surface area contributed by atoms with Crippen molar-refractivity contribution in [2.24, 2.45) is 0 Å². The summed E-state index contributed by atoms with van der Waals surface area (Å²) in [6, 6.07) is 12.4. The Morgan fingerprint density at radius 2 is 1.70 bits per heavy atom. The number of anilines is 1. The topological polar surface area (TPSA) is 104 Å². The lowest BCUT2D eigenvalue weighted by atomic mass is 10.2. The Kier molecular flexibility index (Phi) is 6.57. The predicted octanol–water partition coefficient (Wildman–Crippen LogP) is 1.28. The Morgan fingerprint density at radius 1 is 1.04 bits per heavy atom. The Bertz CT molecular complexity index is 977. The first-order valence-corrected chi connectivity index (χ1v) is 9.48. The smallest absolute Gasteiger partial charge is 0.261 e. The summed E-state index contributed by atoms with van der Waals surface area (Å²) in [5.74, 6) is 1.34. The molecule has 3 N–H and O–H groups in total. The number of sulfonamides is 1. The van der Waals surface area contributed by atoms with Crippen LogP contribution in [-0.2, 0) is 14.8 Å². The van der Waals surface area contributed by atoms with Gasteiger partial charge in [-0.2, -0.15) is 0 Å². The van der Waals surface area contributed by atoms with Gasteiger partial charge in [0.1, 0.15) is 0 Å². The molecular weight excluding hydrogens is 366 g/mol. The summed E-state index contributed by atoms with van der Waals surface area (Å²) < 4.78 is 27.5. The molecule has 2 rings (SSSR count). The van der Waals surface area contributed by atoms with E-state index in [0.717, 1.165) is 5.56 Å². The third-order valence-corrected chi connectivity index (χ3v) is 4.99. The summed E-state index contributed by atoms with van der Waals surface area (Å²) in [4.78, 5) is 23.5. The number of hydrogen-bond donors (Lipinski definition) is 3. The van der Waals surface area contributed by atoms with Crippen molar-refractivity contribution in [1.29, 1.82) is 0 Å². The highest BCUT2D eigenvalue weighted by molar-refractivity contribution is 7.92. The first kappa shape index (κ1) is 20.0. The minimum absolute atomic E-state index is 0.0223. The fraction of sp³-hybridized carbons (Fsp3) is 0.158. The van der Waals surface area contributed by atoms with E-state index in [9.17, 15) is 18.0 Å². The van der Waals surface area contributed by atoms with E-state index < -0.39 is 21.8 Å².